The maximum absolute atomic E-state index is 11.9. The van der Waals surface area contributed by atoms with Gasteiger partial charge < -0.3 is 20.1 Å². The zero-order valence-electron chi connectivity index (χ0n) is 15.1. The molecule has 0 bridgehead atoms. The van der Waals surface area contributed by atoms with Crippen LogP contribution in [0.1, 0.15) is 54.4 Å². The van der Waals surface area contributed by atoms with Crippen LogP contribution in [0.3, 0.4) is 0 Å². The standard InChI is InChI=1S/C17H34N2O3/c1-13(2)9-17(6,19-10-14-7-8-21-11-14)12-18-15(20)22-16(3,4)5/h13-14,19H,7-12H2,1-6H3,(H,18,20). The van der Waals surface area contributed by atoms with Crippen molar-refractivity contribution in [3.8, 4) is 0 Å². The minimum atomic E-state index is -0.465. The third kappa shape index (κ3) is 7.99. The summed E-state index contributed by atoms with van der Waals surface area (Å²) < 4.78 is 10.7. The monoisotopic (exact) mass is 314 g/mol. The molecule has 2 N–H and O–H groups in total. The van der Waals surface area contributed by atoms with Gasteiger partial charge in [-0.3, -0.25) is 0 Å². The Hall–Kier alpha value is -0.810. The lowest BCUT2D eigenvalue weighted by Gasteiger charge is -2.34. The zero-order chi connectivity index (χ0) is 16.8. The van der Waals surface area contributed by atoms with Crippen LogP contribution in [0.4, 0.5) is 4.79 Å². The molecule has 1 heterocycles. The van der Waals surface area contributed by atoms with E-state index in [1.807, 2.05) is 20.8 Å². The maximum atomic E-state index is 11.9. The van der Waals surface area contributed by atoms with Crippen LogP contribution in [0, 0.1) is 11.8 Å². The molecule has 2 unspecified atom stereocenters. The minimum absolute atomic E-state index is 0.131. The van der Waals surface area contributed by atoms with E-state index in [0.717, 1.165) is 32.6 Å². The van der Waals surface area contributed by atoms with E-state index >= 15 is 0 Å². The molecule has 0 aliphatic carbocycles. The number of amides is 1. The highest BCUT2D eigenvalue weighted by Crippen LogP contribution is 2.19. The number of carbonyl (C=O) groups excluding carboxylic acids is 1. The van der Waals surface area contributed by atoms with Gasteiger partial charge in [0.25, 0.3) is 0 Å². The van der Waals surface area contributed by atoms with E-state index in [1.165, 1.54) is 0 Å². The van der Waals surface area contributed by atoms with Gasteiger partial charge in [-0.25, -0.2) is 4.79 Å². The summed E-state index contributed by atoms with van der Waals surface area (Å²) in [5, 5.41) is 6.54. The Bertz CT molecular complexity index is 346. The van der Waals surface area contributed by atoms with Crippen LogP contribution in [-0.4, -0.2) is 43.5 Å². The van der Waals surface area contributed by atoms with Gasteiger partial charge in [0.15, 0.2) is 0 Å². The molecular formula is C17H34N2O3. The molecule has 0 radical (unpaired) electrons. The number of nitrogens with one attached hydrogen (secondary N) is 2. The first-order valence-electron chi connectivity index (χ1n) is 8.39. The van der Waals surface area contributed by atoms with Gasteiger partial charge >= 0.3 is 6.09 Å². The first-order valence-corrected chi connectivity index (χ1v) is 8.39. The number of rotatable bonds is 7. The van der Waals surface area contributed by atoms with E-state index < -0.39 is 5.60 Å². The van der Waals surface area contributed by atoms with Crippen molar-refractivity contribution in [3.05, 3.63) is 0 Å². The van der Waals surface area contributed by atoms with E-state index in [-0.39, 0.29) is 11.6 Å². The van der Waals surface area contributed by atoms with Crippen LogP contribution < -0.4 is 10.6 Å². The molecule has 0 aromatic carbocycles. The van der Waals surface area contributed by atoms with Gasteiger partial charge in [0.1, 0.15) is 5.60 Å². The van der Waals surface area contributed by atoms with Gasteiger partial charge in [0.05, 0.1) is 6.61 Å². The van der Waals surface area contributed by atoms with Crippen molar-refractivity contribution >= 4 is 6.09 Å². The SMILES string of the molecule is CC(C)CC(C)(CNC(=O)OC(C)(C)C)NCC1CCOC1. The van der Waals surface area contributed by atoms with E-state index in [1.54, 1.807) is 0 Å². The third-order valence-electron chi connectivity index (χ3n) is 3.72. The molecule has 1 amide bonds. The fourth-order valence-corrected chi connectivity index (χ4v) is 2.82. The lowest BCUT2D eigenvalue weighted by Crippen LogP contribution is -2.53. The average Bonchev–Trinajstić information content (AvgIpc) is 2.84. The van der Waals surface area contributed by atoms with Crippen LogP contribution in [0.5, 0.6) is 0 Å². The molecule has 0 saturated carbocycles. The van der Waals surface area contributed by atoms with Gasteiger partial charge in [0.2, 0.25) is 0 Å². The van der Waals surface area contributed by atoms with E-state index in [0.29, 0.717) is 18.4 Å². The van der Waals surface area contributed by atoms with Crippen molar-refractivity contribution in [1.29, 1.82) is 0 Å². The molecule has 1 rings (SSSR count). The fourth-order valence-electron chi connectivity index (χ4n) is 2.82. The van der Waals surface area contributed by atoms with Crippen molar-refractivity contribution in [2.45, 2.75) is 65.5 Å². The molecule has 22 heavy (non-hydrogen) atoms. The Kier molecular flexibility index (Phi) is 7.13. The van der Waals surface area contributed by atoms with Crippen LogP contribution >= 0.6 is 0 Å². The quantitative estimate of drug-likeness (QED) is 0.758. The molecule has 1 aliphatic heterocycles. The lowest BCUT2D eigenvalue weighted by atomic mass is 9.90. The summed E-state index contributed by atoms with van der Waals surface area (Å²) in [5.74, 6) is 1.13. The Morgan fingerprint density at radius 2 is 2.00 bits per heavy atom. The summed E-state index contributed by atoms with van der Waals surface area (Å²) in [4.78, 5) is 11.9. The number of hydrogen-bond acceptors (Lipinski definition) is 4. The topological polar surface area (TPSA) is 59.6 Å². The molecule has 5 nitrogen and oxygen atoms in total. The number of alkyl carbamates (subject to hydrolysis) is 1. The second-order valence-electron chi connectivity index (χ2n) is 8.12. The zero-order valence-corrected chi connectivity index (χ0v) is 15.1. The molecule has 0 aromatic rings. The molecule has 1 saturated heterocycles. The summed E-state index contributed by atoms with van der Waals surface area (Å²) >= 11 is 0. The van der Waals surface area contributed by atoms with Gasteiger partial charge in [-0.1, -0.05) is 13.8 Å². The summed E-state index contributed by atoms with van der Waals surface area (Å²) in [7, 11) is 0. The summed E-state index contributed by atoms with van der Waals surface area (Å²) in [5.41, 5.74) is -0.596. The predicted molar refractivity (Wildman–Crippen MR) is 89.0 cm³/mol. The van der Waals surface area contributed by atoms with Crippen molar-refractivity contribution in [2.24, 2.45) is 11.8 Å². The summed E-state index contributed by atoms with van der Waals surface area (Å²) in [6.07, 6.45) is 1.76. The van der Waals surface area contributed by atoms with Crippen molar-refractivity contribution in [1.82, 2.24) is 10.6 Å². The first kappa shape index (κ1) is 19.2. The molecule has 130 valence electrons. The summed E-state index contributed by atoms with van der Waals surface area (Å²) in [6, 6.07) is 0. The minimum Gasteiger partial charge on any atom is -0.444 e. The average molecular weight is 314 g/mol. The first-order chi connectivity index (χ1) is 10.1. The third-order valence-corrected chi connectivity index (χ3v) is 3.72. The molecule has 2 atom stereocenters. The Balaban J connectivity index is 2.48. The van der Waals surface area contributed by atoms with Crippen molar-refractivity contribution in [2.75, 3.05) is 26.3 Å². The predicted octanol–water partition coefficient (Wildman–Crippen LogP) is 2.94. The fraction of sp³-hybridized carbons (Fsp3) is 0.941. The lowest BCUT2D eigenvalue weighted by molar-refractivity contribution is 0.0506. The maximum Gasteiger partial charge on any atom is 0.407 e. The second-order valence-corrected chi connectivity index (χ2v) is 8.12. The van der Waals surface area contributed by atoms with Crippen molar-refractivity contribution in [3.63, 3.8) is 0 Å². The molecule has 1 aliphatic rings. The number of hydrogen-bond donors (Lipinski definition) is 2. The number of ether oxygens (including phenoxy) is 2. The second kappa shape index (κ2) is 8.16. The number of carbonyl (C=O) groups is 1. The smallest absolute Gasteiger partial charge is 0.407 e. The van der Waals surface area contributed by atoms with Crippen molar-refractivity contribution < 1.29 is 14.3 Å². The molecule has 0 spiro atoms. The van der Waals surface area contributed by atoms with Gasteiger partial charge in [0, 0.05) is 25.2 Å². The van der Waals surface area contributed by atoms with Gasteiger partial charge in [-0.05, 0) is 52.4 Å². The van der Waals surface area contributed by atoms with Gasteiger partial charge in [-0.15, -0.1) is 0 Å². The molecule has 0 aromatic heterocycles. The highest BCUT2D eigenvalue weighted by atomic mass is 16.6. The Labute approximate surface area is 135 Å². The Morgan fingerprint density at radius 1 is 1.32 bits per heavy atom. The largest absolute Gasteiger partial charge is 0.444 e. The van der Waals surface area contributed by atoms with Gasteiger partial charge in [-0.2, -0.15) is 0 Å². The van der Waals surface area contributed by atoms with Crippen LogP contribution in [0.2, 0.25) is 0 Å². The van der Waals surface area contributed by atoms with E-state index in [9.17, 15) is 4.79 Å². The van der Waals surface area contributed by atoms with Crippen LogP contribution in [0.15, 0.2) is 0 Å². The Morgan fingerprint density at radius 3 is 2.50 bits per heavy atom. The molecule has 5 heteroatoms. The van der Waals surface area contributed by atoms with Crippen LogP contribution in [0.25, 0.3) is 0 Å². The summed E-state index contributed by atoms with van der Waals surface area (Å²) in [6.45, 7) is 15.4. The molecule has 1 fully saturated rings. The van der Waals surface area contributed by atoms with E-state index in [4.69, 9.17) is 9.47 Å². The highest BCUT2D eigenvalue weighted by molar-refractivity contribution is 5.67. The van der Waals surface area contributed by atoms with Crippen LogP contribution in [-0.2, 0) is 9.47 Å². The van der Waals surface area contributed by atoms with E-state index in [2.05, 4.69) is 31.4 Å². The highest BCUT2D eigenvalue weighted by Gasteiger charge is 2.28. The normalized spacial score (nSPS) is 21.7. The molecular weight excluding hydrogens is 280 g/mol.